The molecular weight excluding hydrogens is 322 g/mol. The first-order valence-electron chi connectivity index (χ1n) is 7.71. The smallest absolute Gasteiger partial charge is 0.280 e. The number of rotatable bonds is 2. The SMILES string of the molecule is Cc1ccc2c(c1)c(=O)c(C(=O)Nc1ccc3c(c1)OCO3)nn2C. The van der Waals surface area contributed by atoms with Crippen molar-refractivity contribution in [2.45, 2.75) is 6.92 Å². The highest BCUT2D eigenvalue weighted by molar-refractivity contribution is 6.04. The third-order valence-electron chi connectivity index (χ3n) is 4.06. The molecule has 0 spiro atoms. The summed E-state index contributed by atoms with van der Waals surface area (Å²) in [5.74, 6) is 0.601. The van der Waals surface area contributed by atoms with Crippen LogP contribution in [0.3, 0.4) is 0 Å². The second-order valence-electron chi connectivity index (χ2n) is 5.84. The van der Waals surface area contributed by atoms with Crippen molar-refractivity contribution in [3.8, 4) is 11.5 Å². The Morgan fingerprint density at radius 3 is 2.80 bits per heavy atom. The Bertz CT molecular complexity index is 1070. The number of carbonyl (C=O) groups is 1. The number of carbonyl (C=O) groups excluding carboxylic acids is 1. The molecule has 7 heteroatoms. The van der Waals surface area contributed by atoms with Gasteiger partial charge in [-0.15, -0.1) is 0 Å². The molecule has 2 aromatic carbocycles. The van der Waals surface area contributed by atoms with Crippen LogP contribution < -0.4 is 20.2 Å². The molecule has 4 rings (SSSR count). The third kappa shape index (κ3) is 2.59. The molecule has 1 N–H and O–H groups in total. The topological polar surface area (TPSA) is 82.5 Å². The minimum atomic E-state index is -0.567. The molecule has 0 saturated carbocycles. The van der Waals surface area contributed by atoms with Gasteiger partial charge in [0, 0.05) is 18.8 Å². The van der Waals surface area contributed by atoms with Crippen LogP contribution >= 0.6 is 0 Å². The van der Waals surface area contributed by atoms with Gasteiger partial charge in [-0.2, -0.15) is 5.10 Å². The molecule has 126 valence electrons. The maximum absolute atomic E-state index is 12.7. The van der Waals surface area contributed by atoms with Crippen LogP contribution in [0.25, 0.3) is 10.9 Å². The van der Waals surface area contributed by atoms with Gasteiger partial charge in [0.25, 0.3) is 5.91 Å². The molecule has 1 aliphatic rings. The number of aryl methyl sites for hydroxylation is 2. The average molecular weight is 337 g/mol. The Morgan fingerprint density at radius 2 is 1.96 bits per heavy atom. The second-order valence-corrected chi connectivity index (χ2v) is 5.84. The maximum atomic E-state index is 12.7. The first-order chi connectivity index (χ1) is 12.0. The van der Waals surface area contributed by atoms with E-state index >= 15 is 0 Å². The van der Waals surface area contributed by atoms with Gasteiger partial charge >= 0.3 is 0 Å². The van der Waals surface area contributed by atoms with Crippen LogP contribution in [-0.2, 0) is 7.05 Å². The summed E-state index contributed by atoms with van der Waals surface area (Å²) in [6.07, 6.45) is 0. The van der Waals surface area contributed by atoms with E-state index in [1.54, 1.807) is 31.3 Å². The largest absolute Gasteiger partial charge is 0.454 e. The minimum Gasteiger partial charge on any atom is -0.454 e. The molecule has 0 saturated heterocycles. The van der Waals surface area contributed by atoms with Gasteiger partial charge in [0.1, 0.15) is 0 Å². The number of nitrogens with zero attached hydrogens (tertiary/aromatic N) is 2. The Balaban J connectivity index is 1.73. The van der Waals surface area contributed by atoms with Gasteiger partial charge < -0.3 is 14.8 Å². The fourth-order valence-electron chi connectivity index (χ4n) is 2.80. The van der Waals surface area contributed by atoms with Crippen molar-refractivity contribution in [1.29, 1.82) is 0 Å². The van der Waals surface area contributed by atoms with Crippen LogP contribution in [0.2, 0.25) is 0 Å². The Labute approximate surface area is 142 Å². The molecule has 1 aliphatic heterocycles. The van der Waals surface area contributed by atoms with Crippen molar-refractivity contribution >= 4 is 22.5 Å². The van der Waals surface area contributed by atoms with Crippen molar-refractivity contribution in [3.05, 3.63) is 57.9 Å². The average Bonchev–Trinajstić information content (AvgIpc) is 3.05. The predicted molar refractivity (Wildman–Crippen MR) is 92.2 cm³/mol. The Morgan fingerprint density at radius 1 is 1.16 bits per heavy atom. The van der Waals surface area contributed by atoms with Crippen LogP contribution in [0.5, 0.6) is 11.5 Å². The van der Waals surface area contributed by atoms with Gasteiger partial charge in [-0.3, -0.25) is 14.3 Å². The number of ether oxygens (including phenoxy) is 2. The number of hydrogen-bond acceptors (Lipinski definition) is 5. The van der Waals surface area contributed by atoms with Gasteiger partial charge in [-0.1, -0.05) is 11.6 Å². The molecule has 0 bridgehead atoms. The molecule has 1 aromatic heterocycles. The number of benzene rings is 2. The monoisotopic (exact) mass is 337 g/mol. The van der Waals surface area contributed by atoms with E-state index in [9.17, 15) is 9.59 Å². The van der Waals surface area contributed by atoms with Crippen molar-refractivity contribution in [2.75, 3.05) is 12.1 Å². The highest BCUT2D eigenvalue weighted by Gasteiger charge is 2.19. The molecule has 0 aliphatic carbocycles. The van der Waals surface area contributed by atoms with E-state index in [1.165, 1.54) is 4.68 Å². The van der Waals surface area contributed by atoms with E-state index in [1.807, 2.05) is 19.1 Å². The van der Waals surface area contributed by atoms with E-state index in [4.69, 9.17) is 9.47 Å². The molecule has 0 fully saturated rings. The van der Waals surface area contributed by atoms with Crippen LogP contribution in [0, 0.1) is 6.92 Å². The summed E-state index contributed by atoms with van der Waals surface area (Å²) in [6.45, 7) is 2.05. The summed E-state index contributed by atoms with van der Waals surface area (Å²) in [6, 6.07) is 10.5. The third-order valence-corrected chi connectivity index (χ3v) is 4.06. The van der Waals surface area contributed by atoms with E-state index in [0.717, 1.165) is 5.56 Å². The molecular formula is C18H15N3O4. The lowest BCUT2D eigenvalue weighted by Gasteiger charge is -2.09. The highest BCUT2D eigenvalue weighted by atomic mass is 16.7. The number of aromatic nitrogens is 2. The lowest BCUT2D eigenvalue weighted by molar-refractivity contribution is 0.101. The summed E-state index contributed by atoms with van der Waals surface area (Å²) >= 11 is 0. The number of fused-ring (bicyclic) bond motifs is 2. The van der Waals surface area contributed by atoms with Gasteiger partial charge in [-0.25, -0.2) is 0 Å². The molecule has 2 heterocycles. The summed E-state index contributed by atoms with van der Waals surface area (Å²) in [7, 11) is 1.70. The quantitative estimate of drug-likeness (QED) is 0.775. The summed E-state index contributed by atoms with van der Waals surface area (Å²) < 4.78 is 12.1. The predicted octanol–water partition coefficient (Wildman–Crippen LogP) is 2.22. The van der Waals surface area contributed by atoms with E-state index in [0.29, 0.717) is 28.1 Å². The number of nitrogens with one attached hydrogen (secondary N) is 1. The second kappa shape index (κ2) is 5.62. The number of amides is 1. The number of anilines is 1. The molecule has 3 aromatic rings. The zero-order valence-corrected chi connectivity index (χ0v) is 13.7. The van der Waals surface area contributed by atoms with E-state index < -0.39 is 11.3 Å². The van der Waals surface area contributed by atoms with Crippen molar-refractivity contribution in [2.24, 2.45) is 7.05 Å². The molecule has 0 radical (unpaired) electrons. The maximum Gasteiger partial charge on any atom is 0.280 e. The van der Waals surface area contributed by atoms with Crippen molar-refractivity contribution in [1.82, 2.24) is 9.78 Å². The highest BCUT2D eigenvalue weighted by Crippen LogP contribution is 2.34. The molecule has 25 heavy (non-hydrogen) atoms. The zero-order valence-electron chi connectivity index (χ0n) is 13.7. The Hall–Kier alpha value is -3.35. The van der Waals surface area contributed by atoms with Crippen LogP contribution in [0.15, 0.2) is 41.2 Å². The fraction of sp³-hybridized carbons (Fsp3) is 0.167. The normalized spacial score (nSPS) is 12.4. The number of hydrogen-bond donors (Lipinski definition) is 1. The van der Waals surface area contributed by atoms with Crippen LogP contribution in [0.4, 0.5) is 5.69 Å². The lowest BCUT2D eigenvalue weighted by atomic mass is 10.1. The standard InChI is InChI=1S/C18H15N3O4/c1-10-3-5-13-12(7-10)17(22)16(20-21(13)2)18(23)19-11-4-6-14-15(8-11)25-9-24-14/h3-8H,9H2,1-2H3,(H,19,23). The molecule has 1 amide bonds. The first kappa shape index (κ1) is 15.2. The minimum absolute atomic E-state index is 0.152. The van der Waals surface area contributed by atoms with Crippen molar-refractivity contribution < 1.29 is 14.3 Å². The van der Waals surface area contributed by atoms with Crippen LogP contribution in [-0.4, -0.2) is 22.5 Å². The summed E-state index contributed by atoms with van der Waals surface area (Å²) in [5.41, 5.74) is 1.57. The zero-order chi connectivity index (χ0) is 17.6. The molecule has 0 unspecified atom stereocenters. The summed E-state index contributed by atoms with van der Waals surface area (Å²) in [5, 5.41) is 7.29. The van der Waals surface area contributed by atoms with Crippen LogP contribution in [0.1, 0.15) is 16.1 Å². The first-order valence-corrected chi connectivity index (χ1v) is 7.71. The van der Waals surface area contributed by atoms with E-state index in [-0.39, 0.29) is 12.5 Å². The molecule has 7 nitrogen and oxygen atoms in total. The summed E-state index contributed by atoms with van der Waals surface area (Å²) in [4.78, 5) is 25.2. The van der Waals surface area contributed by atoms with Gasteiger partial charge in [0.2, 0.25) is 12.2 Å². The van der Waals surface area contributed by atoms with Crippen molar-refractivity contribution in [3.63, 3.8) is 0 Å². The fourth-order valence-corrected chi connectivity index (χ4v) is 2.80. The Kier molecular flexibility index (Phi) is 3.42. The lowest BCUT2D eigenvalue weighted by Crippen LogP contribution is -2.26. The van der Waals surface area contributed by atoms with Gasteiger partial charge in [-0.05, 0) is 31.2 Å². The van der Waals surface area contributed by atoms with Gasteiger partial charge in [0.15, 0.2) is 17.2 Å². The van der Waals surface area contributed by atoms with Gasteiger partial charge in [0.05, 0.1) is 10.9 Å². The molecule has 0 atom stereocenters. The van der Waals surface area contributed by atoms with E-state index in [2.05, 4.69) is 10.4 Å².